The van der Waals surface area contributed by atoms with Crippen molar-refractivity contribution in [3.63, 3.8) is 0 Å². The molecule has 0 heterocycles. The lowest BCUT2D eigenvalue weighted by Gasteiger charge is -2.12. The average molecular weight is 355 g/mol. The summed E-state index contributed by atoms with van der Waals surface area (Å²) in [4.78, 5) is 0. The molecule has 0 saturated carbocycles. The van der Waals surface area contributed by atoms with E-state index < -0.39 is 0 Å². The largest absolute Gasteiger partial charge is 0.489 e. The molecule has 0 amide bonds. The Morgan fingerprint density at radius 1 is 0.769 bits per heavy atom. The van der Waals surface area contributed by atoms with Crippen LogP contribution in [0.1, 0.15) is 81.9 Å². The first-order chi connectivity index (χ1) is 12.8. The van der Waals surface area contributed by atoms with E-state index in [1.807, 2.05) is 42.5 Å². The molecule has 2 rings (SSSR count). The third-order valence-corrected chi connectivity index (χ3v) is 4.84. The first-order valence-electron chi connectivity index (χ1n) is 10.2. The molecule has 0 radical (unpaired) electrons. The number of aliphatic hydroxyl groups excluding tert-OH is 1. The molecule has 2 aromatic carbocycles. The van der Waals surface area contributed by atoms with Gasteiger partial charge in [-0.1, -0.05) is 101 Å². The van der Waals surface area contributed by atoms with Crippen molar-refractivity contribution >= 4 is 0 Å². The monoisotopic (exact) mass is 354 g/mol. The Bertz CT molecular complexity index is 577. The molecule has 0 aliphatic rings. The van der Waals surface area contributed by atoms with E-state index in [0.717, 1.165) is 29.7 Å². The van der Waals surface area contributed by atoms with Crippen molar-refractivity contribution < 1.29 is 9.84 Å². The maximum Gasteiger partial charge on any atom is 0.119 e. The maximum absolute atomic E-state index is 10.4. The van der Waals surface area contributed by atoms with E-state index in [9.17, 15) is 5.11 Å². The smallest absolute Gasteiger partial charge is 0.119 e. The summed E-state index contributed by atoms with van der Waals surface area (Å²) in [7, 11) is 0. The Morgan fingerprint density at radius 2 is 1.38 bits per heavy atom. The van der Waals surface area contributed by atoms with E-state index in [0.29, 0.717) is 6.61 Å². The van der Waals surface area contributed by atoms with Gasteiger partial charge in [-0.25, -0.2) is 0 Å². The lowest BCUT2D eigenvalue weighted by atomic mass is 10.0. The van der Waals surface area contributed by atoms with Gasteiger partial charge in [0.15, 0.2) is 0 Å². The second-order valence-electron chi connectivity index (χ2n) is 7.12. The minimum absolute atomic E-state index is 0.363. The zero-order valence-electron chi connectivity index (χ0n) is 16.2. The molecule has 142 valence electrons. The van der Waals surface area contributed by atoms with E-state index in [4.69, 9.17) is 4.74 Å². The molecule has 1 N–H and O–H groups in total. The molecule has 0 aliphatic heterocycles. The van der Waals surface area contributed by atoms with Gasteiger partial charge in [0, 0.05) is 0 Å². The summed E-state index contributed by atoms with van der Waals surface area (Å²) >= 11 is 0. The lowest BCUT2D eigenvalue weighted by Crippen LogP contribution is -1.99. The van der Waals surface area contributed by atoms with Gasteiger partial charge in [-0.3, -0.25) is 0 Å². The highest BCUT2D eigenvalue weighted by atomic mass is 16.5. The highest BCUT2D eigenvalue weighted by Crippen LogP contribution is 2.23. The summed E-state index contributed by atoms with van der Waals surface area (Å²) in [5.74, 6) is 0.844. The van der Waals surface area contributed by atoms with Gasteiger partial charge in [0.25, 0.3) is 0 Å². The number of aliphatic hydroxyl groups is 1. The third kappa shape index (κ3) is 8.05. The second kappa shape index (κ2) is 12.5. The van der Waals surface area contributed by atoms with Gasteiger partial charge < -0.3 is 9.84 Å². The van der Waals surface area contributed by atoms with Crippen LogP contribution in [0.5, 0.6) is 5.75 Å². The van der Waals surface area contributed by atoms with Gasteiger partial charge in [-0.15, -0.1) is 0 Å². The Balaban J connectivity index is 1.62. The first kappa shape index (κ1) is 20.5. The quantitative estimate of drug-likeness (QED) is 0.399. The van der Waals surface area contributed by atoms with Crippen LogP contribution < -0.4 is 4.74 Å². The number of ether oxygens (including phenoxy) is 1. The Morgan fingerprint density at radius 3 is 2.04 bits per heavy atom. The minimum atomic E-state index is -0.363. The summed E-state index contributed by atoms with van der Waals surface area (Å²) in [6.07, 6.45) is 10.8. The summed E-state index contributed by atoms with van der Waals surface area (Å²) in [5.41, 5.74) is 2.14. The number of benzene rings is 2. The summed E-state index contributed by atoms with van der Waals surface area (Å²) < 4.78 is 5.80. The summed E-state index contributed by atoms with van der Waals surface area (Å²) in [5, 5.41) is 10.4. The van der Waals surface area contributed by atoms with Crippen LogP contribution in [0.4, 0.5) is 0 Å². The zero-order valence-corrected chi connectivity index (χ0v) is 16.2. The topological polar surface area (TPSA) is 29.5 Å². The molecule has 1 unspecified atom stereocenters. The van der Waals surface area contributed by atoms with Gasteiger partial charge >= 0.3 is 0 Å². The lowest BCUT2D eigenvalue weighted by molar-refractivity contribution is 0.163. The van der Waals surface area contributed by atoms with Crippen LogP contribution in [-0.4, -0.2) is 5.11 Å². The second-order valence-corrected chi connectivity index (χ2v) is 7.12. The van der Waals surface area contributed by atoms with Crippen molar-refractivity contribution in [3.05, 3.63) is 65.7 Å². The Hall–Kier alpha value is -1.80. The van der Waals surface area contributed by atoms with Gasteiger partial charge in [-0.05, 0) is 29.7 Å². The number of unbranched alkanes of at least 4 members (excludes halogenated alkanes) is 7. The zero-order chi connectivity index (χ0) is 18.5. The van der Waals surface area contributed by atoms with Gasteiger partial charge in [0.2, 0.25) is 0 Å². The SMILES string of the molecule is CCCCCCCCCCC(O)c1ccc(OCc2ccccc2)cc1. The van der Waals surface area contributed by atoms with Gasteiger partial charge in [-0.2, -0.15) is 0 Å². The van der Waals surface area contributed by atoms with Crippen LogP contribution >= 0.6 is 0 Å². The molecule has 1 atom stereocenters. The molecule has 0 saturated heterocycles. The van der Waals surface area contributed by atoms with E-state index in [1.165, 1.54) is 44.9 Å². The molecule has 0 aliphatic carbocycles. The van der Waals surface area contributed by atoms with E-state index in [1.54, 1.807) is 0 Å². The van der Waals surface area contributed by atoms with Crippen molar-refractivity contribution in [2.24, 2.45) is 0 Å². The molecule has 0 aromatic heterocycles. The molecule has 2 aromatic rings. The fourth-order valence-corrected chi connectivity index (χ4v) is 3.17. The van der Waals surface area contributed by atoms with Crippen LogP contribution in [0, 0.1) is 0 Å². The van der Waals surface area contributed by atoms with Crippen LogP contribution in [0.3, 0.4) is 0 Å². The average Bonchev–Trinajstić information content (AvgIpc) is 2.69. The predicted molar refractivity (Wildman–Crippen MR) is 109 cm³/mol. The molecule has 2 heteroatoms. The standard InChI is InChI=1S/C24H34O2/c1-2-3-4-5-6-7-8-12-15-24(25)22-16-18-23(19-17-22)26-20-21-13-10-9-11-14-21/h9-11,13-14,16-19,24-25H,2-8,12,15,20H2,1H3. The Kier molecular flexibility index (Phi) is 9.89. The fraction of sp³-hybridized carbons (Fsp3) is 0.500. The van der Waals surface area contributed by atoms with Crippen LogP contribution in [0.2, 0.25) is 0 Å². The van der Waals surface area contributed by atoms with E-state index >= 15 is 0 Å². The summed E-state index contributed by atoms with van der Waals surface area (Å²) in [6, 6.07) is 18.0. The molecule has 2 nitrogen and oxygen atoms in total. The number of hydrogen-bond acceptors (Lipinski definition) is 2. The molecule has 0 spiro atoms. The number of rotatable bonds is 13. The normalized spacial score (nSPS) is 12.1. The fourth-order valence-electron chi connectivity index (χ4n) is 3.17. The van der Waals surface area contributed by atoms with Crippen LogP contribution in [-0.2, 0) is 6.61 Å². The summed E-state index contributed by atoms with van der Waals surface area (Å²) in [6.45, 7) is 2.82. The van der Waals surface area contributed by atoms with Crippen molar-refractivity contribution in [2.75, 3.05) is 0 Å². The van der Waals surface area contributed by atoms with Gasteiger partial charge in [0.1, 0.15) is 12.4 Å². The van der Waals surface area contributed by atoms with Crippen molar-refractivity contribution in [1.29, 1.82) is 0 Å². The maximum atomic E-state index is 10.4. The third-order valence-electron chi connectivity index (χ3n) is 4.84. The van der Waals surface area contributed by atoms with Crippen molar-refractivity contribution in [1.82, 2.24) is 0 Å². The molecule has 0 fully saturated rings. The van der Waals surface area contributed by atoms with Crippen molar-refractivity contribution in [3.8, 4) is 5.75 Å². The number of hydrogen-bond donors (Lipinski definition) is 1. The predicted octanol–water partition coefficient (Wildman–Crippen LogP) is 6.83. The minimum Gasteiger partial charge on any atom is -0.489 e. The van der Waals surface area contributed by atoms with Crippen molar-refractivity contribution in [2.45, 2.75) is 77.4 Å². The highest BCUT2D eigenvalue weighted by Gasteiger charge is 2.07. The van der Waals surface area contributed by atoms with Gasteiger partial charge in [0.05, 0.1) is 6.10 Å². The molecular weight excluding hydrogens is 320 g/mol. The molecule has 26 heavy (non-hydrogen) atoms. The van der Waals surface area contributed by atoms with Crippen LogP contribution in [0.25, 0.3) is 0 Å². The molecular formula is C24H34O2. The van der Waals surface area contributed by atoms with Crippen LogP contribution in [0.15, 0.2) is 54.6 Å². The Labute approximate surface area is 159 Å². The molecule has 0 bridgehead atoms. The van der Waals surface area contributed by atoms with E-state index in [-0.39, 0.29) is 6.10 Å². The first-order valence-corrected chi connectivity index (χ1v) is 10.2. The highest BCUT2D eigenvalue weighted by molar-refractivity contribution is 5.29. The van der Waals surface area contributed by atoms with E-state index in [2.05, 4.69) is 19.1 Å².